The van der Waals surface area contributed by atoms with Crippen LogP contribution in [0.2, 0.25) is 0 Å². The Balaban J connectivity index is 1.95. The highest BCUT2D eigenvalue weighted by Crippen LogP contribution is 2.17. The predicted octanol–water partition coefficient (Wildman–Crippen LogP) is -0.378. The molecule has 1 aromatic rings. The first-order valence-electron chi connectivity index (χ1n) is 6.66. The van der Waals surface area contributed by atoms with Crippen molar-refractivity contribution in [1.29, 1.82) is 0 Å². The number of benzene rings is 1. The van der Waals surface area contributed by atoms with E-state index in [1.807, 2.05) is 0 Å². The average Bonchev–Trinajstić information content (AvgIpc) is 2.94. The van der Waals surface area contributed by atoms with Gasteiger partial charge in [-0.25, -0.2) is 9.00 Å². The topological polar surface area (TPSA) is 131 Å². The highest BCUT2D eigenvalue weighted by Gasteiger charge is 2.32. The minimum Gasteiger partial charge on any atom is -0.351 e. The summed E-state index contributed by atoms with van der Waals surface area (Å²) in [6.45, 7) is 0.483. The van der Waals surface area contributed by atoms with Gasteiger partial charge in [0.2, 0.25) is 0 Å². The third-order valence-electron chi connectivity index (χ3n) is 3.42. The van der Waals surface area contributed by atoms with Gasteiger partial charge in [-0.15, -0.1) is 0 Å². The maximum absolute atomic E-state index is 12.1. The molecule has 1 aliphatic heterocycles. The lowest BCUT2D eigenvalue weighted by Crippen LogP contribution is -2.49. The van der Waals surface area contributed by atoms with Crippen molar-refractivity contribution in [3.05, 3.63) is 24.3 Å². The summed E-state index contributed by atoms with van der Waals surface area (Å²) in [6.07, 6.45) is 1.32. The van der Waals surface area contributed by atoms with Crippen LogP contribution < -0.4 is 21.7 Å². The Morgan fingerprint density at radius 3 is 2.50 bits per heavy atom. The molecule has 3 amide bonds. The third kappa shape index (κ3) is 3.68. The normalized spacial score (nSPS) is 20.2. The maximum atomic E-state index is 12.1. The number of nitrogens with one attached hydrogen (secondary N) is 2. The molecule has 0 bridgehead atoms. The first-order valence-corrected chi connectivity index (χ1v) is 8.45. The number of hydrogen-bond donors (Lipinski definition) is 4. The number of primary amides is 1. The molecular weight excluding hydrogens is 306 g/mol. The minimum atomic E-state index is -2.75. The first-order chi connectivity index (χ1) is 10.3. The van der Waals surface area contributed by atoms with Gasteiger partial charge in [0.1, 0.15) is 6.04 Å². The van der Waals surface area contributed by atoms with Crippen LogP contribution in [-0.4, -0.2) is 39.5 Å². The second kappa shape index (κ2) is 6.24. The lowest BCUT2D eigenvalue weighted by Gasteiger charge is -2.22. The van der Waals surface area contributed by atoms with E-state index in [4.69, 9.17) is 10.9 Å². The molecule has 2 rings (SSSR count). The third-order valence-corrected chi connectivity index (χ3v) is 4.49. The van der Waals surface area contributed by atoms with Crippen molar-refractivity contribution in [3.63, 3.8) is 0 Å². The zero-order valence-electron chi connectivity index (χ0n) is 12.0. The van der Waals surface area contributed by atoms with E-state index in [0.717, 1.165) is 6.42 Å². The summed E-state index contributed by atoms with van der Waals surface area (Å²) in [5.41, 5.74) is 11.1. The second-order valence-corrected chi connectivity index (χ2v) is 6.98. The van der Waals surface area contributed by atoms with Gasteiger partial charge in [0.15, 0.2) is 0 Å². The SMILES string of the molecule is C=S(N)(=O)c1ccc(NNC(=O)C2CCCN2C(N)=O)cc1. The number of amides is 3. The fourth-order valence-corrected chi connectivity index (χ4v) is 2.89. The number of urea groups is 1. The molecule has 1 fully saturated rings. The van der Waals surface area contributed by atoms with Crippen molar-refractivity contribution >= 4 is 33.2 Å². The van der Waals surface area contributed by atoms with Gasteiger partial charge in [-0.2, -0.15) is 0 Å². The summed E-state index contributed by atoms with van der Waals surface area (Å²) in [6, 6.07) is 5.20. The van der Waals surface area contributed by atoms with Gasteiger partial charge in [-0.3, -0.25) is 20.8 Å². The van der Waals surface area contributed by atoms with Gasteiger partial charge < -0.3 is 10.6 Å². The van der Waals surface area contributed by atoms with Crippen molar-refractivity contribution < 1.29 is 13.8 Å². The number of carbonyl (C=O) groups excluding carboxylic acids is 2. The van der Waals surface area contributed by atoms with Crippen LogP contribution in [0.3, 0.4) is 0 Å². The van der Waals surface area contributed by atoms with E-state index in [1.54, 1.807) is 24.3 Å². The monoisotopic (exact) mass is 325 g/mol. The molecule has 9 heteroatoms. The largest absolute Gasteiger partial charge is 0.351 e. The van der Waals surface area contributed by atoms with E-state index < -0.39 is 21.8 Å². The van der Waals surface area contributed by atoms with E-state index in [-0.39, 0.29) is 5.91 Å². The van der Waals surface area contributed by atoms with Crippen LogP contribution in [-0.2, 0) is 14.5 Å². The highest BCUT2D eigenvalue weighted by molar-refractivity contribution is 7.98. The number of nitrogens with zero attached hydrogens (tertiary/aromatic N) is 1. The summed E-state index contributed by atoms with van der Waals surface area (Å²) < 4.78 is 11.6. The van der Waals surface area contributed by atoms with E-state index in [2.05, 4.69) is 16.7 Å². The molecule has 0 aromatic heterocycles. The van der Waals surface area contributed by atoms with Gasteiger partial charge in [-0.05, 0) is 43.0 Å². The molecule has 0 spiro atoms. The number of rotatable bonds is 4. The predicted molar refractivity (Wildman–Crippen MR) is 85.2 cm³/mol. The molecule has 1 heterocycles. The molecule has 2 atom stereocenters. The van der Waals surface area contributed by atoms with Gasteiger partial charge in [-0.1, -0.05) is 0 Å². The van der Waals surface area contributed by atoms with E-state index in [9.17, 15) is 13.8 Å². The quantitative estimate of drug-likeness (QED) is 0.444. The van der Waals surface area contributed by atoms with Crippen LogP contribution in [0.25, 0.3) is 0 Å². The van der Waals surface area contributed by atoms with Crippen molar-refractivity contribution in [3.8, 4) is 0 Å². The second-order valence-electron chi connectivity index (χ2n) is 5.05. The molecule has 120 valence electrons. The number of likely N-dealkylation sites (tertiary alicyclic amines) is 1. The van der Waals surface area contributed by atoms with Crippen LogP contribution in [0.5, 0.6) is 0 Å². The van der Waals surface area contributed by atoms with Crippen molar-refractivity contribution in [1.82, 2.24) is 10.3 Å². The molecule has 6 N–H and O–H groups in total. The Bertz CT molecular complexity index is 671. The van der Waals surface area contributed by atoms with Crippen LogP contribution >= 0.6 is 0 Å². The van der Waals surface area contributed by atoms with Crippen molar-refractivity contribution in [2.45, 2.75) is 23.8 Å². The van der Waals surface area contributed by atoms with Gasteiger partial charge in [0, 0.05) is 11.4 Å². The first kappa shape index (κ1) is 16.1. The van der Waals surface area contributed by atoms with Crippen LogP contribution in [0, 0.1) is 0 Å². The lowest BCUT2D eigenvalue weighted by molar-refractivity contribution is -0.124. The zero-order chi connectivity index (χ0) is 16.3. The summed E-state index contributed by atoms with van der Waals surface area (Å²) in [5.74, 6) is 3.05. The fourth-order valence-electron chi connectivity index (χ4n) is 2.29. The lowest BCUT2D eigenvalue weighted by atomic mass is 10.2. The van der Waals surface area contributed by atoms with Gasteiger partial charge >= 0.3 is 6.03 Å². The molecule has 1 aliphatic rings. The van der Waals surface area contributed by atoms with Gasteiger partial charge in [0.25, 0.3) is 5.91 Å². The highest BCUT2D eigenvalue weighted by atomic mass is 32.2. The van der Waals surface area contributed by atoms with Crippen LogP contribution in [0.15, 0.2) is 29.2 Å². The molecule has 2 unspecified atom stereocenters. The maximum Gasteiger partial charge on any atom is 0.315 e. The summed E-state index contributed by atoms with van der Waals surface area (Å²) in [7, 11) is -2.75. The van der Waals surface area contributed by atoms with Gasteiger partial charge in [0.05, 0.1) is 15.4 Å². The molecule has 0 aliphatic carbocycles. The molecule has 0 radical (unpaired) electrons. The Morgan fingerprint density at radius 1 is 1.32 bits per heavy atom. The summed E-state index contributed by atoms with van der Waals surface area (Å²) in [5, 5.41) is 5.43. The Morgan fingerprint density at radius 2 is 1.95 bits per heavy atom. The van der Waals surface area contributed by atoms with Crippen molar-refractivity contribution in [2.24, 2.45) is 10.9 Å². The fraction of sp³-hybridized carbons (Fsp3) is 0.308. The Labute approximate surface area is 128 Å². The van der Waals surface area contributed by atoms with Crippen molar-refractivity contribution in [2.75, 3.05) is 12.0 Å². The number of anilines is 1. The Kier molecular flexibility index (Phi) is 4.57. The molecular formula is C13H19N5O3S. The summed E-state index contributed by atoms with van der Waals surface area (Å²) >= 11 is 0. The molecule has 1 aromatic carbocycles. The average molecular weight is 325 g/mol. The van der Waals surface area contributed by atoms with E-state index in [1.165, 1.54) is 4.90 Å². The van der Waals surface area contributed by atoms with E-state index in [0.29, 0.717) is 23.5 Å². The van der Waals surface area contributed by atoms with Crippen LogP contribution in [0.1, 0.15) is 12.8 Å². The standard InChI is InChI=1S/C13H19N5O3S/c1-22(15,21)10-6-4-9(5-7-10)16-17-12(19)11-3-2-8-18(11)13(14)20/h4-7,11,16H,1-3,8H2,(H2,14,20)(H2,15,21)(H,17,19). The molecule has 8 nitrogen and oxygen atoms in total. The minimum absolute atomic E-state index is 0.333. The molecule has 0 saturated carbocycles. The number of hydrogen-bond acceptors (Lipinski definition) is 4. The molecule has 1 saturated heterocycles. The summed E-state index contributed by atoms with van der Waals surface area (Å²) in [4.78, 5) is 25.0. The zero-order valence-corrected chi connectivity index (χ0v) is 12.8. The number of carbonyl (C=O) groups is 2. The van der Waals surface area contributed by atoms with Crippen LogP contribution in [0.4, 0.5) is 10.5 Å². The number of nitrogens with two attached hydrogens (primary N) is 2. The van der Waals surface area contributed by atoms with E-state index >= 15 is 0 Å². The number of hydrazine groups is 1. The molecule has 22 heavy (non-hydrogen) atoms. The smallest absolute Gasteiger partial charge is 0.315 e. The Hall–Kier alpha value is -2.26.